The Labute approximate surface area is 165 Å². The quantitative estimate of drug-likeness (QED) is 0.614. The van der Waals surface area contributed by atoms with Crippen LogP contribution in [0.2, 0.25) is 0 Å². The molecule has 2 heterocycles. The first kappa shape index (κ1) is 18.7. The van der Waals surface area contributed by atoms with Crippen molar-refractivity contribution in [3.05, 3.63) is 52.1 Å². The summed E-state index contributed by atoms with van der Waals surface area (Å²) in [4.78, 5) is 16.0. The molecule has 3 N–H and O–H groups in total. The van der Waals surface area contributed by atoms with Gasteiger partial charge in [0, 0.05) is 30.1 Å². The van der Waals surface area contributed by atoms with E-state index >= 15 is 0 Å². The second-order valence-corrected chi connectivity index (χ2v) is 7.17. The Bertz CT molecular complexity index is 1150. The lowest BCUT2D eigenvalue weighted by Crippen LogP contribution is -2.11. The third kappa shape index (κ3) is 3.09. The highest BCUT2D eigenvalue weighted by molar-refractivity contribution is 9.10. The van der Waals surface area contributed by atoms with Gasteiger partial charge in [-0.15, -0.1) is 0 Å². The van der Waals surface area contributed by atoms with E-state index in [1.807, 2.05) is 36.7 Å². The molecule has 0 saturated carbocycles. The van der Waals surface area contributed by atoms with Crippen molar-refractivity contribution in [3.63, 3.8) is 0 Å². The number of nitrogens with zero attached hydrogens (tertiary/aromatic N) is 3. The summed E-state index contributed by atoms with van der Waals surface area (Å²) in [6.45, 7) is 7.27. The van der Waals surface area contributed by atoms with Crippen molar-refractivity contribution >= 4 is 44.2 Å². The summed E-state index contributed by atoms with van der Waals surface area (Å²) in [6.07, 6.45) is 1.48. The van der Waals surface area contributed by atoms with Gasteiger partial charge in [0.25, 0.3) is 5.91 Å². The number of pyridine rings is 1. The average molecular weight is 424 g/mol. The van der Waals surface area contributed by atoms with Gasteiger partial charge >= 0.3 is 0 Å². The lowest BCUT2D eigenvalue weighted by atomic mass is 10.0. The molecule has 3 aromatic rings. The molecule has 2 aromatic heterocycles. The minimum atomic E-state index is -0.217. The van der Waals surface area contributed by atoms with E-state index < -0.39 is 0 Å². The third-order valence-electron chi connectivity index (χ3n) is 4.43. The third-order valence-corrected chi connectivity index (χ3v) is 5.20. The SMILES string of the molecule is C=C(C)C(=O)Nc1ccc(-c2c(Br)c3c(N)ncc(C#N)c3n2C)c(C)c1. The number of carbonyl (C=O) groups excluding carboxylic acids is 1. The molecule has 0 spiro atoms. The number of anilines is 2. The summed E-state index contributed by atoms with van der Waals surface area (Å²) in [7, 11) is 1.89. The van der Waals surface area contributed by atoms with Gasteiger partial charge in [-0.05, 0) is 47.5 Å². The van der Waals surface area contributed by atoms with Crippen LogP contribution in [0.15, 0.2) is 41.0 Å². The molecular formula is C20H18BrN5O. The lowest BCUT2D eigenvalue weighted by Gasteiger charge is -2.12. The van der Waals surface area contributed by atoms with E-state index in [-0.39, 0.29) is 5.91 Å². The number of carbonyl (C=O) groups is 1. The number of nitrogens with one attached hydrogen (secondary N) is 1. The second kappa shape index (κ2) is 6.89. The number of fused-ring (bicyclic) bond motifs is 1. The number of aryl methyl sites for hydroxylation is 2. The number of nitrogen functional groups attached to an aromatic ring is 1. The Kier molecular flexibility index (Phi) is 4.77. The number of benzene rings is 1. The van der Waals surface area contributed by atoms with Gasteiger partial charge in [0.15, 0.2) is 0 Å². The van der Waals surface area contributed by atoms with Crippen molar-refractivity contribution in [1.29, 1.82) is 5.26 Å². The van der Waals surface area contributed by atoms with Crippen LogP contribution in [0.4, 0.5) is 11.5 Å². The van der Waals surface area contributed by atoms with Crippen molar-refractivity contribution < 1.29 is 4.79 Å². The molecule has 1 aromatic carbocycles. The van der Waals surface area contributed by atoms with Gasteiger partial charge < -0.3 is 15.6 Å². The molecule has 1 amide bonds. The van der Waals surface area contributed by atoms with Crippen LogP contribution in [0.25, 0.3) is 22.2 Å². The molecule has 136 valence electrons. The Hall–Kier alpha value is -3.11. The molecule has 6 nitrogen and oxygen atoms in total. The standard InChI is InChI=1S/C20H18BrN5O/c1-10(2)20(27)25-13-5-6-14(11(3)7-13)18-16(21)15-17(26(18)4)12(8-22)9-24-19(15)23/h5-7,9H,1H2,2-4H3,(H2,23,24)(H,25,27). The second-order valence-electron chi connectivity index (χ2n) is 6.38. The van der Waals surface area contributed by atoms with Crippen LogP contribution in [-0.4, -0.2) is 15.5 Å². The molecular weight excluding hydrogens is 406 g/mol. The highest BCUT2D eigenvalue weighted by Gasteiger charge is 2.21. The summed E-state index contributed by atoms with van der Waals surface area (Å²) in [6, 6.07) is 7.83. The first-order valence-corrected chi connectivity index (χ1v) is 8.95. The van der Waals surface area contributed by atoms with Crippen LogP contribution in [0.5, 0.6) is 0 Å². The Balaban J connectivity index is 2.19. The minimum Gasteiger partial charge on any atom is -0.383 e. The molecule has 0 aliphatic heterocycles. The predicted molar refractivity (Wildman–Crippen MR) is 111 cm³/mol. The largest absolute Gasteiger partial charge is 0.383 e. The summed E-state index contributed by atoms with van der Waals surface area (Å²) in [5, 5.41) is 13.0. The van der Waals surface area contributed by atoms with Crippen LogP contribution in [0, 0.1) is 18.3 Å². The van der Waals surface area contributed by atoms with Gasteiger partial charge in [0.2, 0.25) is 0 Å². The number of amides is 1. The van der Waals surface area contributed by atoms with Gasteiger partial charge in [0.1, 0.15) is 11.9 Å². The van der Waals surface area contributed by atoms with E-state index in [1.165, 1.54) is 6.20 Å². The fourth-order valence-corrected chi connectivity index (χ4v) is 3.95. The molecule has 0 radical (unpaired) electrons. The molecule has 0 unspecified atom stereocenters. The van der Waals surface area contributed by atoms with Gasteiger partial charge in [-0.25, -0.2) is 4.98 Å². The molecule has 27 heavy (non-hydrogen) atoms. The molecule has 0 aliphatic carbocycles. The van der Waals surface area contributed by atoms with E-state index in [4.69, 9.17) is 5.73 Å². The number of hydrogen-bond acceptors (Lipinski definition) is 4. The van der Waals surface area contributed by atoms with Crippen molar-refractivity contribution in [2.24, 2.45) is 7.05 Å². The van der Waals surface area contributed by atoms with Gasteiger partial charge in [0.05, 0.1) is 26.6 Å². The monoisotopic (exact) mass is 423 g/mol. The first-order valence-electron chi connectivity index (χ1n) is 8.16. The number of hydrogen-bond donors (Lipinski definition) is 2. The summed E-state index contributed by atoms with van der Waals surface area (Å²) in [5.74, 6) is 0.145. The topological polar surface area (TPSA) is 96.7 Å². The molecule has 0 aliphatic rings. The van der Waals surface area contributed by atoms with Crippen molar-refractivity contribution in [3.8, 4) is 17.3 Å². The zero-order chi connectivity index (χ0) is 19.9. The van der Waals surface area contributed by atoms with Crippen molar-refractivity contribution in [1.82, 2.24) is 9.55 Å². The number of halogens is 1. The fraction of sp³-hybridized carbons (Fsp3) is 0.150. The van der Waals surface area contributed by atoms with Gasteiger partial charge in [-0.1, -0.05) is 12.6 Å². The average Bonchev–Trinajstić information content (AvgIpc) is 2.88. The maximum absolute atomic E-state index is 11.8. The zero-order valence-electron chi connectivity index (χ0n) is 15.2. The van der Waals surface area contributed by atoms with E-state index in [2.05, 4.69) is 38.9 Å². The maximum atomic E-state index is 11.8. The summed E-state index contributed by atoms with van der Waals surface area (Å²) < 4.78 is 2.72. The maximum Gasteiger partial charge on any atom is 0.250 e. The van der Waals surface area contributed by atoms with E-state index in [1.54, 1.807) is 6.92 Å². The van der Waals surface area contributed by atoms with Crippen LogP contribution < -0.4 is 11.1 Å². The Morgan fingerprint density at radius 1 is 1.44 bits per heavy atom. The number of rotatable bonds is 3. The molecule has 7 heteroatoms. The highest BCUT2D eigenvalue weighted by atomic mass is 79.9. The number of aromatic nitrogens is 2. The molecule has 0 bridgehead atoms. The molecule has 3 rings (SSSR count). The van der Waals surface area contributed by atoms with Crippen molar-refractivity contribution in [2.45, 2.75) is 13.8 Å². The van der Waals surface area contributed by atoms with E-state index in [0.717, 1.165) is 26.8 Å². The summed E-state index contributed by atoms with van der Waals surface area (Å²) in [5.41, 5.74) is 11.2. The molecule has 0 atom stereocenters. The number of nitrogens with two attached hydrogens (primary N) is 1. The Morgan fingerprint density at radius 2 is 2.15 bits per heavy atom. The minimum absolute atomic E-state index is 0.217. The first-order chi connectivity index (χ1) is 12.8. The molecule has 0 fully saturated rings. The summed E-state index contributed by atoms with van der Waals surface area (Å²) >= 11 is 3.63. The van der Waals surface area contributed by atoms with Crippen LogP contribution in [-0.2, 0) is 11.8 Å². The van der Waals surface area contributed by atoms with Crippen LogP contribution in [0.1, 0.15) is 18.1 Å². The predicted octanol–water partition coefficient (Wildman–Crippen LogP) is 4.28. The van der Waals surface area contributed by atoms with Crippen molar-refractivity contribution in [2.75, 3.05) is 11.1 Å². The zero-order valence-corrected chi connectivity index (χ0v) is 16.8. The molecule has 0 saturated heterocycles. The van der Waals surface area contributed by atoms with Gasteiger partial charge in [-0.2, -0.15) is 5.26 Å². The number of nitriles is 1. The van der Waals surface area contributed by atoms with Crippen LogP contribution >= 0.6 is 15.9 Å². The lowest BCUT2D eigenvalue weighted by molar-refractivity contribution is -0.112. The normalized spacial score (nSPS) is 10.6. The fourth-order valence-electron chi connectivity index (χ4n) is 3.08. The van der Waals surface area contributed by atoms with E-state index in [0.29, 0.717) is 28.0 Å². The Morgan fingerprint density at radius 3 is 2.74 bits per heavy atom. The highest BCUT2D eigenvalue weighted by Crippen LogP contribution is 2.41. The van der Waals surface area contributed by atoms with Crippen LogP contribution in [0.3, 0.4) is 0 Å². The van der Waals surface area contributed by atoms with Gasteiger partial charge in [-0.3, -0.25) is 4.79 Å². The smallest absolute Gasteiger partial charge is 0.250 e. The van der Waals surface area contributed by atoms with E-state index in [9.17, 15) is 10.1 Å².